The van der Waals surface area contributed by atoms with E-state index in [1.54, 1.807) is 6.20 Å². The molecule has 1 aromatic heterocycles. The van der Waals surface area contributed by atoms with E-state index in [0.717, 1.165) is 20.9 Å². The Morgan fingerprint density at radius 1 is 1.26 bits per heavy atom. The number of imide groups is 1. The second-order valence-corrected chi connectivity index (χ2v) is 5.43. The molecular weight excluding hydrogens is 308 g/mol. The highest BCUT2D eigenvalue weighted by molar-refractivity contribution is 9.10. The van der Waals surface area contributed by atoms with E-state index in [1.165, 1.54) is 0 Å². The Labute approximate surface area is 118 Å². The van der Waals surface area contributed by atoms with E-state index < -0.39 is 0 Å². The van der Waals surface area contributed by atoms with Crippen molar-refractivity contribution in [3.63, 3.8) is 0 Å². The number of carbonyl (C=O) groups is 2. The van der Waals surface area contributed by atoms with E-state index in [4.69, 9.17) is 0 Å². The molecule has 3 rings (SSSR count). The van der Waals surface area contributed by atoms with Crippen LogP contribution in [0.5, 0.6) is 0 Å². The molecule has 2 heterocycles. The van der Waals surface area contributed by atoms with E-state index in [-0.39, 0.29) is 17.7 Å². The Morgan fingerprint density at radius 3 is 2.89 bits per heavy atom. The van der Waals surface area contributed by atoms with Gasteiger partial charge in [-0.2, -0.15) is 0 Å². The van der Waals surface area contributed by atoms with Crippen molar-refractivity contribution in [3.8, 4) is 0 Å². The summed E-state index contributed by atoms with van der Waals surface area (Å²) in [6.45, 7) is 0. The van der Waals surface area contributed by atoms with Crippen molar-refractivity contribution >= 4 is 38.6 Å². The predicted octanol–water partition coefficient (Wildman–Crippen LogP) is 2.52. The number of nitrogens with one attached hydrogen (secondary N) is 1. The van der Waals surface area contributed by atoms with Gasteiger partial charge in [0.05, 0.1) is 11.4 Å². The average Bonchev–Trinajstić information content (AvgIpc) is 2.38. The van der Waals surface area contributed by atoms with Crippen molar-refractivity contribution in [2.24, 2.45) is 0 Å². The van der Waals surface area contributed by atoms with E-state index in [0.29, 0.717) is 12.8 Å². The van der Waals surface area contributed by atoms with Gasteiger partial charge in [-0.15, -0.1) is 0 Å². The number of benzene rings is 1. The molecule has 1 aliphatic heterocycles. The lowest BCUT2D eigenvalue weighted by molar-refractivity contribution is -0.134. The van der Waals surface area contributed by atoms with Crippen molar-refractivity contribution in [3.05, 3.63) is 40.5 Å². The Bertz CT molecular complexity index is 684. The van der Waals surface area contributed by atoms with Crippen LogP contribution in [-0.2, 0) is 9.59 Å². The molecule has 1 saturated heterocycles. The van der Waals surface area contributed by atoms with Gasteiger partial charge in [0, 0.05) is 22.5 Å². The number of halogens is 1. The van der Waals surface area contributed by atoms with Gasteiger partial charge in [-0.05, 0) is 24.1 Å². The van der Waals surface area contributed by atoms with Crippen molar-refractivity contribution in [1.82, 2.24) is 10.3 Å². The van der Waals surface area contributed by atoms with Gasteiger partial charge in [-0.3, -0.25) is 19.9 Å². The summed E-state index contributed by atoms with van der Waals surface area (Å²) in [7, 11) is 0. The maximum Gasteiger partial charge on any atom is 0.234 e. The Hall–Kier alpha value is -1.75. The third-order valence-electron chi connectivity index (χ3n) is 3.36. The number of hydrogen-bond donors (Lipinski definition) is 1. The highest BCUT2D eigenvalue weighted by Gasteiger charge is 2.28. The van der Waals surface area contributed by atoms with Crippen LogP contribution in [0.1, 0.15) is 24.3 Å². The van der Waals surface area contributed by atoms with Gasteiger partial charge < -0.3 is 0 Å². The first-order valence-electron chi connectivity index (χ1n) is 6.03. The third-order valence-corrected chi connectivity index (χ3v) is 4.05. The number of aromatic nitrogens is 1. The number of pyridine rings is 1. The van der Waals surface area contributed by atoms with Crippen LogP contribution >= 0.6 is 15.9 Å². The fourth-order valence-corrected chi connectivity index (χ4v) is 2.81. The number of piperidine rings is 1. The SMILES string of the molecule is O=C1CCC(c2ccc3c(Br)ccnc3c2)C(=O)N1. The topological polar surface area (TPSA) is 59.1 Å². The molecule has 0 bridgehead atoms. The van der Waals surface area contributed by atoms with E-state index >= 15 is 0 Å². The minimum Gasteiger partial charge on any atom is -0.296 e. The molecule has 2 aromatic rings. The van der Waals surface area contributed by atoms with Crippen molar-refractivity contribution in [1.29, 1.82) is 0 Å². The summed E-state index contributed by atoms with van der Waals surface area (Å²) in [5, 5.41) is 3.39. The van der Waals surface area contributed by atoms with Gasteiger partial charge in [0.1, 0.15) is 0 Å². The standard InChI is InChI=1S/C14H11BrN2O2/c15-11-5-6-16-12-7-8(1-2-10(11)12)9-3-4-13(18)17-14(9)19/h1-2,5-7,9H,3-4H2,(H,17,18,19). The van der Waals surface area contributed by atoms with E-state index in [2.05, 4.69) is 26.2 Å². The Balaban J connectivity index is 2.02. The van der Waals surface area contributed by atoms with Crippen LogP contribution < -0.4 is 5.32 Å². The maximum absolute atomic E-state index is 11.8. The fourth-order valence-electron chi connectivity index (χ4n) is 2.36. The largest absolute Gasteiger partial charge is 0.296 e. The lowest BCUT2D eigenvalue weighted by Gasteiger charge is -2.21. The number of amides is 2. The first-order valence-corrected chi connectivity index (χ1v) is 6.82. The van der Waals surface area contributed by atoms with Crippen LogP contribution in [0.15, 0.2) is 34.9 Å². The van der Waals surface area contributed by atoms with Crippen molar-refractivity contribution in [2.75, 3.05) is 0 Å². The highest BCUT2D eigenvalue weighted by atomic mass is 79.9. The van der Waals surface area contributed by atoms with Gasteiger partial charge in [0.25, 0.3) is 0 Å². The minimum absolute atomic E-state index is 0.192. The maximum atomic E-state index is 11.8. The van der Waals surface area contributed by atoms with Gasteiger partial charge in [-0.25, -0.2) is 0 Å². The summed E-state index contributed by atoms with van der Waals surface area (Å²) in [4.78, 5) is 27.3. The lowest BCUT2D eigenvalue weighted by Crippen LogP contribution is -2.39. The molecule has 19 heavy (non-hydrogen) atoms. The summed E-state index contributed by atoms with van der Waals surface area (Å²) in [5.41, 5.74) is 1.75. The Kier molecular flexibility index (Phi) is 3.06. The first kappa shape index (κ1) is 12.3. The molecule has 1 unspecified atom stereocenters. The molecule has 0 saturated carbocycles. The molecule has 2 amide bonds. The van der Waals surface area contributed by atoms with E-state index in [1.807, 2.05) is 24.3 Å². The third kappa shape index (κ3) is 2.26. The van der Waals surface area contributed by atoms with Crippen molar-refractivity contribution < 1.29 is 9.59 Å². The van der Waals surface area contributed by atoms with Gasteiger partial charge in [0.15, 0.2) is 0 Å². The zero-order valence-electron chi connectivity index (χ0n) is 10.0. The van der Waals surface area contributed by atoms with Crippen LogP contribution in [0.2, 0.25) is 0 Å². The normalized spacial score (nSPS) is 19.5. The number of hydrogen-bond acceptors (Lipinski definition) is 3. The average molecular weight is 319 g/mol. The quantitative estimate of drug-likeness (QED) is 0.822. The van der Waals surface area contributed by atoms with Crippen LogP contribution in [0, 0.1) is 0 Å². The Morgan fingerprint density at radius 2 is 2.11 bits per heavy atom. The molecular formula is C14H11BrN2O2. The van der Waals surface area contributed by atoms with Gasteiger partial charge >= 0.3 is 0 Å². The number of fused-ring (bicyclic) bond motifs is 1. The fraction of sp³-hybridized carbons (Fsp3) is 0.214. The highest BCUT2D eigenvalue weighted by Crippen LogP contribution is 2.29. The van der Waals surface area contributed by atoms with Gasteiger partial charge in [-0.1, -0.05) is 28.1 Å². The number of rotatable bonds is 1. The second-order valence-electron chi connectivity index (χ2n) is 4.57. The minimum atomic E-state index is -0.261. The molecule has 1 N–H and O–H groups in total. The van der Waals surface area contributed by atoms with Crippen LogP contribution in [-0.4, -0.2) is 16.8 Å². The first-order chi connectivity index (χ1) is 9.15. The molecule has 1 aromatic carbocycles. The molecule has 0 radical (unpaired) electrons. The zero-order valence-corrected chi connectivity index (χ0v) is 11.6. The second kappa shape index (κ2) is 4.74. The summed E-state index contributed by atoms with van der Waals surface area (Å²) in [6.07, 6.45) is 2.67. The van der Waals surface area contributed by atoms with Crippen molar-refractivity contribution in [2.45, 2.75) is 18.8 Å². The van der Waals surface area contributed by atoms with E-state index in [9.17, 15) is 9.59 Å². The van der Waals surface area contributed by atoms with Gasteiger partial charge in [0.2, 0.25) is 11.8 Å². The molecule has 4 nitrogen and oxygen atoms in total. The molecule has 0 spiro atoms. The summed E-state index contributed by atoms with van der Waals surface area (Å²) < 4.78 is 0.979. The monoisotopic (exact) mass is 318 g/mol. The molecule has 5 heteroatoms. The molecule has 1 fully saturated rings. The van der Waals surface area contributed by atoms with Crippen LogP contribution in [0.25, 0.3) is 10.9 Å². The summed E-state index contributed by atoms with van der Waals surface area (Å²) in [6, 6.07) is 7.68. The van der Waals surface area contributed by atoms with Crippen LogP contribution in [0.4, 0.5) is 0 Å². The molecule has 0 aliphatic carbocycles. The number of carbonyl (C=O) groups excluding carboxylic acids is 2. The molecule has 1 atom stereocenters. The smallest absolute Gasteiger partial charge is 0.234 e. The predicted molar refractivity (Wildman–Crippen MR) is 74.6 cm³/mol. The summed E-state index contributed by atoms with van der Waals surface area (Å²) >= 11 is 3.47. The number of nitrogens with zero attached hydrogens (tertiary/aromatic N) is 1. The molecule has 1 aliphatic rings. The lowest BCUT2D eigenvalue weighted by atomic mass is 9.90. The molecule has 96 valence electrons. The van der Waals surface area contributed by atoms with Crippen LogP contribution in [0.3, 0.4) is 0 Å². The summed E-state index contributed by atoms with van der Waals surface area (Å²) in [5.74, 6) is -0.670. The zero-order chi connectivity index (χ0) is 13.4.